The number of imidazole rings is 1. The number of fused-ring (bicyclic) bond motifs is 2. The standard InChI is InChI=1S/C28H28N6O4S/c1-33(39(2,37)38)26-7-4-3-6-21(26)19-8-10-22-24(16-19)31-25-17-20(9-11-23(25)32-28(22)36)27(35)30-12-5-14-34-15-13-29-18-34/h3-4,6-11,13,15-18,31H,5,12,14H2,1-2H3,(H,30,35)(H,32,36). The molecule has 10 nitrogen and oxygen atoms in total. The third kappa shape index (κ3) is 5.63. The van der Waals surface area contributed by atoms with E-state index in [9.17, 15) is 18.0 Å². The molecule has 0 radical (unpaired) electrons. The Labute approximate surface area is 226 Å². The summed E-state index contributed by atoms with van der Waals surface area (Å²) in [6.45, 7) is 1.26. The van der Waals surface area contributed by atoms with Crippen molar-refractivity contribution in [3.8, 4) is 11.1 Å². The van der Waals surface area contributed by atoms with E-state index in [1.807, 2.05) is 29.0 Å². The molecule has 0 bridgehead atoms. The lowest BCUT2D eigenvalue weighted by molar-refractivity contribution is 0.0952. The number of sulfonamides is 1. The van der Waals surface area contributed by atoms with Gasteiger partial charge in [0.05, 0.1) is 40.9 Å². The number of carbonyl (C=O) groups excluding carboxylic acids is 2. The van der Waals surface area contributed by atoms with Crippen molar-refractivity contribution in [3.05, 3.63) is 90.5 Å². The molecule has 0 aliphatic carbocycles. The average molecular weight is 545 g/mol. The predicted octanol–water partition coefficient (Wildman–Crippen LogP) is 4.08. The zero-order valence-corrected chi connectivity index (χ0v) is 22.3. The first-order valence-corrected chi connectivity index (χ1v) is 14.2. The summed E-state index contributed by atoms with van der Waals surface area (Å²) in [5, 5.41) is 9.12. The van der Waals surface area contributed by atoms with Gasteiger partial charge >= 0.3 is 0 Å². The van der Waals surface area contributed by atoms with Gasteiger partial charge in [-0.3, -0.25) is 13.9 Å². The minimum absolute atomic E-state index is 0.215. The van der Waals surface area contributed by atoms with Gasteiger partial charge in [-0.05, 0) is 48.4 Å². The van der Waals surface area contributed by atoms with Gasteiger partial charge in [0, 0.05) is 43.7 Å². The van der Waals surface area contributed by atoms with Gasteiger partial charge < -0.3 is 20.5 Å². The summed E-state index contributed by atoms with van der Waals surface area (Å²) in [5.41, 5.74) is 4.49. The molecule has 1 aliphatic heterocycles. The summed E-state index contributed by atoms with van der Waals surface area (Å²) in [6, 6.07) is 17.5. The molecule has 0 fully saturated rings. The lowest BCUT2D eigenvalue weighted by Gasteiger charge is -2.21. The highest BCUT2D eigenvalue weighted by Crippen LogP contribution is 2.37. The highest BCUT2D eigenvalue weighted by Gasteiger charge is 2.22. The number of benzene rings is 3. The molecule has 1 aliphatic rings. The summed E-state index contributed by atoms with van der Waals surface area (Å²) in [7, 11) is -1.98. The van der Waals surface area contributed by atoms with Crippen LogP contribution in [0.3, 0.4) is 0 Å². The molecule has 200 valence electrons. The second-order valence-electron chi connectivity index (χ2n) is 9.26. The maximum Gasteiger partial charge on any atom is 0.257 e. The van der Waals surface area contributed by atoms with Crippen molar-refractivity contribution in [2.24, 2.45) is 0 Å². The van der Waals surface area contributed by atoms with Crippen LogP contribution >= 0.6 is 0 Å². The molecule has 2 amide bonds. The Balaban J connectivity index is 1.39. The van der Waals surface area contributed by atoms with Gasteiger partial charge in [0.25, 0.3) is 11.8 Å². The minimum atomic E-state index is -3.48. The number of aromatic nitrogens is 2. The predicted molar refractivity (Wildman–Crippen MR) is 152 cm³/mol. The second kappa shape index (κ2) is 10.6. The van der Waals surface area contributed by atoms with E-state index in [2.05, 4.69) is 20.9 Å². The summed E-state index contributed by atoms with van der Waals surface area (Å²) < 4.78 is 27.6. The van der Waals surface area contributed by atoms with E-state index in [1.165, 1.54) is 11.4 Å². The van der Waals surface area contributed by atoms with E-state index >= 15 is 0 Å². The highest BCUT2D eigenvalue weighted by molar-refractivity contribution is 7.92. The maximum atomic E-state index is 13.0. The number of nitrogens with zero attached hydrogens (tertiary/aromatic N) is 3. The number of hydrogen-bond acceptors (Lipinski definition) is 6. The number of hydrogen-bond donors (Lipinski definition) is 3. The maximum absolute atomic E-state index is 13.0. The highest BCUT2D eigenvalue weighted by atomic mass is 32.2. The Bertz CT molecular complexity index is 1650. The Morgan fingerprint density at radius 3 is 2.59 bits per heavy atom. The first-order valence-electron chi connectivity index (χ1n) is 12.3. The van der Waals surface area contributed by atoms with Gasteiger partial charge in [-0.2, -0.15) is 0 Å². The summed E-state index contributed by atoms with van der Waals surface area (Å²) in [5.74, 6) is -0.506. The van der Waals surface area contributed by atoms with Gasteiger partial charge in [-0.15, -0.1) is 0 Å². The topological polar surface area (TPSA) is 125 Å². The van der Waals surface area contributed by atoms with Crippen molar-refractivity contribution in [1.82, 2.24) is 14.9 Å². The number of carbonyl (C=O) groups is 2. The van der Waals surface area contributed by atoms with E-state index in [1.54, 1.807) is 55.0 Å². The number of rotatable bonds is 8. The van der Waals surface area contributed by atoms with Crippen LogP contribution in [0.5, 0.6) is 0 Å². The molecule has 3 aromatic carbocycles. The van der Waals surface area contributed by atoms with Crippen LogP contribution in [0.4, 0.5) is 22.7 Å². The van der Waals surface area contributed by atoms with Crippen LogP contribution in [0.15, 0.2) is 79.4 Å². The Kier molecular flexibility index (Phi) is 7.07. The van der Waals surface area contributed by atoms with Gasteiger partial charge in [0.2, 0.25) is 10.0 Å². The summed E-state index contributed by atoms with van der Waals surface area (Å²) >= 11 is 0. The lowest BCUT2D eigenvalue weighted by Crippen LogP contribution is -2.25. The SMILES string of the molecule is CN(c1ccccc1-c1ccc2c(c1)Nc1cc(C(=O)NCCCn3ccnc3)ccc1NC2=O)S(C)(=O)=O. The van der Waals surface area contributed by atoms with Crippen LogP contribution in [0, 0.1) is 0 Å². The fourth-order valence-corrected chi connectivity index (χ4v) is 4.92. The van der Waals surface area contributed by atoms with E-state index < -0.39 is 10.0 Å². The largest absolute Gasteiger partial charge is 0.353 e. The second-order valence-corrected chi connectivity index (χ2v) is 11.3. The van der Waals surface area contributed by atoms with Crippen LogP contribution in [0.1, 0.15) is 27.1 Å². The summed E-state index contributed by atoms with van der Waals surface area (Å²) in [4.78, 5) is 29.8. The Morgan fingerprint density at radius 1 is 1.00 bits per heavy atom. The molecular formula is C28H28N6O4S. The quantitative estimate of drug-likeness (QED) is 0.287. The summed E-state index contributed by atoms with van der Waals surface area (Å²) in [6.07, 6.45) is 7.23. The monoisotopic (exact) mass is 544 g/mol. The number of nitrogens with one attached hydrogen (secondary N) is 3. The Morgan fingerprint density at radius 2 is 1.82 bits per heavy atom. The molecule has 4 aromatic rings. The normalized spacial score (nSPS) is 12.4. The van der Waals surface area contributed by atoms with E-state index in [4.69, 9.17) is 0 Å². The first kappa shape index (κ1) is 26.0. The molecule has 0 saturated carbocycles. The molecule has 5 rings (SSSR count). The molecule has 11 heteroatoms. The number of para-hydroxylation sites is 1. The molecule has 0 saturated heterocycles. The van der Waals surface area contributed by atoms with Crippen molar-refractivity contribution in [2.75, 3.05) is 34.8 Å². The fourth-order valence-electron chi connectivity index (χ4n) is 4.40. The van der Waals surface area contributed by atoms with Gasteiger partial charge in [-0.1, -0.05) is 24.3 Å². The fraction of sp³-hybridized carbons (Fsp3) is 0.179. The van der Waals surface area contributed by atoms with Crippen molar-refractivity contribution in [1.29, 1.82) is 0 Å². The third-order valence-corrected chi connectivity index (χ3v) is 7.74. The number of amides is 2. The number of anilines is 4. The van der Waals surface area contributed by atoms with E-state index in [0.717, 1.165) is 24.8 Å². The molecular weight excluding hydrogens is 516 g/mol. The van der Waals surface area contributed by atoms with Crippen molar-refractivity contribution in [3.63, 3.8) is 0 Å². The molecule has 39 heavy (non-hydrogen) atoms. The molecule has 3 N–H and O–H groups in total. The lowest BCUT2D eigenvalue weighted by atomic mass is 10.0. The molecule has 2 heterocycles. The zero-order chi connectivity index (χ0) is 27.6. The van der Waals surface area contributed by atoms with Crippen LogP contribution in [0.25, 0.3) is 11.1 Å². The van der Waals surface area contributed by atoms with Crippen LogP contribution in [-0.4, -0.2) is 49.6 Å². The first-order chi connectivity index (χ1) is 18.7. The van der Waals surface area contributed by atoms with Gasteiger partial charge in [-0.25, -0.2) is 13.4 Å². The van der Waals surface area contributed by atoms with Crippen LogP contribution in [0.2, 0.25) is 0 Å². The van der Waals surface area contributed by atoms with Crippen molar-refractivity contribution < 1.29 is 18.0 Å². The Hall–Kier alpha value is -4.64. The minimum Gasteiger partial charge on any atom is -0.353 e. The molecule has 0 unspecified atom stereocenters. The zero-order valence-electron chi connectivity index (χ0n) is 21.5. The van der Waals surface area contributed by atoms with E-state index in [0.29, 0.717) is 46.0 Å². The average Bonchev–Trinajstić information content (AvgIpc) is 3.39. The molecule has 0 atom stereocenters. The van der Waals surface area contributed by atoms with E-state index in [-0.39, 0.29) is 11.8 Å². The van der Waals surface area contributed by atoms with Gasteiger partial charge in [0.1, 0.15) is 0 Å². The third-order valence-electron chi connectivity index (χ3n) is 6.55. The molecule has 1 aromatic heterocycles. The van der Waals surface area contributed by atoms with Crippen molar-refractivity contribution in [2.45, 2.75) is 13.0 Å². The number of aryl methyl sites for hydroxylation is 1. The van der Waals surface area contributed by atoms with Crippen molar-refractivity contribution >= 4 is 44.6 Å². The smallest absolute Gasteiger partial charge is 0.257 e. The van der Waals surface area contributed by atoms with Crippen LogP contribution < -0.4 is 20.3 Å². The van der Waals surface area contributed by atoms with Crippen LogP contribution in [-0.2, 0) is 16.6 Å². The molecule has 0 spiro atoms. The van der Waals surface area contributed by atoms with Gasteiger partial charge in [0.15, 0.2) is 0 Å².